The van der Waals surface area contributed by atoms with Crippen LogP contribution in [-0.4, -0.2) is 49.6 Å². The Morgan fingerprint density at radius 3 is 2.54 bits per heavy atom. The maximum Gasteiger partial charge on any atom is 0.277 e. The van der Waals surface area contributed by atoms with Crippen molar-refractivity contribution in [2.75, 3.05) is 30.0 Å². The summed E-state index contributed by atoms with van der Waals surface area (Å²) in [6.07, 6.45) is 3.85. The molecule has 35 heavy (non-hydrogen) atoms. The first-order valence-electron chi connectivity index (χ1n) is 10.4. The zero-order valence-electron chi connectivity index (χ0n) is 19.0. The van der Waals surface area contributed by atoms with E-state index in [9.17, 15) is 18.0 Å². The zero-order chi connectivity index (χ0) is 25.6. The van der Waals surface area contributed by atoms with Gasteiger partial charge in [-0.1, -0.05) is 18.5 Å². The third-order valence-corrected chi connectivity index (χ3v) is 6.13. The Morgan fingerprint density at radius 2 is 1.89 bits per heavy atom. The maximum atomic E-state index is 13.1. The van der Waals surface area contributed by atoms with Crippen LogP contribution < -0.4 is 21.1 Å². The SMILES string of the molecule is C[C@@H](CN)COc1cc(S(C)(=O)=O)ccc1C(=O)Nc1cccnc1C(=O)Nc1ccc(Cl)cn1. The van der Waals surface area contributed by atoms with E-state index >= 15 is 0 Å². The van der Waals surface area contributed by atoms with Crippen molar-refractivity contribution >= 4 is 44.8 Å². The second-order valence-corrected chi connectivity index (χ2v) is 10.2. The summed E-state index contributed by atoms with van der Waals surface area (Å²) >= 11 is 5.82. The fourth-order valence-corrected chi connectivity index (χ4v) is 3.59. The van der Waals surface area contributed by atoms with Crippen molar-refractivity contribution in [3.63, 3.8) is 0 Å². The van der Waals surface area contributed by atoms with E-state index in [0.717, 1.165) is 6.26 Å². The van der Waals surface area contributed by atoms with Gasteiger partial charge in [0.05, 0.1) is 27.8 Å². The third-order valence-electron chi connectivity index (χ3n) is 4.79. The number of aromatic nitrogens is 2. The topological polar surface area (TPSA) is 153 Å². The number of carbonyl (C=O) groups excluding carboxylic acids is 2. The van der Waals surface area contributed by atoms with E-state index in [2.05, 4.69) is 20.6 Å². The van der Waals surface area contributed by atoms with Crippen LogP contribution in [0.2, 0.25) is 5.02 Å². The smallest absolute Gasteiger partial charge is 0.277 e. The minimum Gasteiger partial charge on any atom is -0.492 e. The Bertz CT molecular complexity index is 1330. The van der Waals surface area contributed by atoms with Crippen LogP contribution in [0.15, 0.2) is 59.8 Å². The van der Waals surface area contributed by atoms with Crippen molar-refractivity contribution in [3.8, 4) is 5.75 Å². The van der Waals surface area contributed by atoms with Crippen molar-refractivity contribution in [2.24, 2.45) is 11.7 Å². The molecule has 2 heterocycles. The number of hydrogen-bond acceptors (Lipinski definition) is 8. The lowest BCUT2D eigenvalue weighted by molar-refractivity contribution is 0.102. The molecular weight excluding hydrogens is 494 g/mol. The highest BCUT2D eigenvalue weighted by molar-refractivity contribution is 7.90. The summed E-state index contributed by atoms with van der Waals surface area (Å²) in [6, 6.07) is 10.1. The van der Waals surface area contributed by atoms with Crippen molar-refractivity contribution in [2.45, 2.75) is 11.8 Å². The summed E-state index contributed by atoms with van der Waals surface area (Å²) in [7, 11) is -3.53. The van der Waals surface area contributed by atoms with Gasteiger partial charge in [-0.3, -0.25) is 9.59 Å². The average Bonchev–Trinajstić information content (AvgIpc) is 2.83. The highest BCUT2D eigenvalue weighted by Crippen LogP contribution is 2.26. The number of rotatable bonds is 9. The number of sulfone groups is 1. The lowest BCUT2D eigenvalue weighted by Gasteiger charge is -2.16. The number of amides is 2. The van der Waals surface area contributed by atoms with Crippen molar-refractivity contribution in [1.82, 2.24) is 9.97 Å². The molecule has 0 spiro atoms. The average molecular weight is 518 g/mol. The highest BCUT2D eigenvalue weighted by atomic mass is 35.5. The summed E-state index contributed by atoms with van der Waals surface area (Å²) in [5, 5.41) is 5.64. The predicted octanol–water partition coefficient (Wildman–Crippen LogP) is 3.01. The molecule has 184 valence electrons. The van der Waals surface area contributed by atoms with Gasteiger partial charge in [0.2, 0.25) is 0 Å². The van der Waals surface area contributed by atoms with Crippen LogP contribution in [0.4, 0.5) is 11.5 Å². The Morgan fingerprint density at radius 1 is 1.11 bits per heavy atom. The summed E-state index contributed by atoms with van der Waals surface area (Å²) < 4.78 is 29.7. The summed E-state index contributed by atoms with van der Waals surface area (Å²) in [5.41, 5.74) is 5.80. The van der Waals surface area contributed by atoms with Crippen molar-refractivity contribution in [1.29, 1.82) is 0 Å². The first-order chi connectivity index (χ1) is 16.6. The maximum absolute atomic E-state index is 13.1. The number of carbonyl (C=O) groups is 2. The lowest BCUT2D eigenvalue weighted by Crippen LogP contribution is -2.22. The Hall–Kier alpha value is -3.54. The molecule has 12 heteroatoms. The first kappa shape index (κ1) is 26.1. The number of nitrogens with zero attached hydrogens (tertiary/aromatic N) is 2. The second kappa shape index (κ2) is 11.3. The molecule has 4 N–H and O–H groups in total. The van der Waals surface area contributed by atoms with Gasteiger partial charge < -0.3 is 21.1 Å². The van der Waals surface area contributed by atoms with Crippen molar-refractivity contribution in [3.05, 3.63) is 71.1 Å². The van der Waals surface area contributed by atoms with E-state index in [4.69, 9.17) is 22.1 Å². The fourth-order valence-electron chi connectivity index (χ4n) is 2.84. The van der Waals surface area contributed by atoms with Gasteiger partial charge in [0.15, 0.2) is 15.5 Å². The molecule has 0 unspecified atom stereocenters. The van der Waals surface area contributed by atoms with Gasteiger partial charge in [-0.2, -0.15) is 0 Å². The molecular formula is C23H24ClN5O5S. The molecule has 3 aromatic rings. The van der Waals surface area contributed by atoms with Gasteiger partial charge in [-0.05, 0) is 49.0 Å². The van der Waals surface area contributed by atoms with Crippen molar-refractivity contribution < 1.29 is 22.7 Å². The zero-order valence-corrected chi connectivity index (χ0v) is 20.6. The molecule has 0 saturated carbocycles. The molecule has 0 bridgehead atoms. The monoisotopic (exact) mass is 517 g/mol. The van der Waals surface area contributed by atoms with Gasteiger partial charge in [0.1, 0.15) is 11.6 Å². The molecule has 0 aliphatic rings. The summed E-state index contributed by atoms with van der Waals surface area (Å²) in [4.78, 5) is 34.0. The highest BCUT2D eigenvalue weighted by Gasteiger charge is 2.21. The standard InChI is InChI=1S/C23H24ClN5O5S/c1-14(11-25)13-34-19-10-16(35(2,32)33)6-7-17(19)22(30)28-18-4-3-9-26-21(18)23(31)29-20-8-5-15(24)12-27-20/h3-10,12,14H,11,13,25H2,1-2H3,(H,28,30)(H,27,29,31)/t14-/m0/s1. The normalized spacial score (nSPS) is 12.0. The Labute approximate surface area is 207 Å². The molecule has 0 aliphatic carbocycles. The van der Waals surface area contributed by atoms with E-state index in [1.807, 2.05) is 6.92 Å². The first-order valence-corrected chi connectivity index (χ1v) is 12.7. The van der Waals surface area contributed by atoms with Crippen LogP contribution in [0, 0.1) is 5.92 Å². The predicted molar refractivity (Wildman–Crippen MR) is 133 cm³/mol. The van der Waals surface area contributed by atoms with E-state index in [-0.39, 0.29) is 45.9 Å². The van der Waals surface area contributed by atoms with Crippen LogP contribution in [0.3, 0.4) is 0 Å². The van der Waals surface area contributed by atoms with Crippen LogP contribution in [-0.2, 0) is 9.84 Å². The number of pyridine rings is 2. The quantitative estimate of drug-likeness (QED) is 0.391. The van der Waals surface area contributed by atoms with Gasteiger partial charge in [-0.15, -0.1) is 0 Å². The van der Waals surface area contributed by atoms with E-state index in [1.165, 1.54) is 42.7 Å². The number of halogens is 1. The molecule has 3 rings (SSSR count). The number of anilines is 2. The number of nitrogens with one attached hydrogen (secondary N) is 2. The Balaban J connectivity index is 1.88. The van der Waals surface area contributed by atoms with Crippen LogP contribution >= 0.6 is 11.6 Å². The fraction of sp³-hybridized carbons (Fsp3) is 0.217. The molecule has 0 aliphatic heterocycles. The van der Waals surface area contributed by atoms with Gasteiger partial charge in [0, 0.05) is 24.6 Å². The largest absolute Gasteiger partial charge is 0.492 e. The van der Waals surface area contributed by atoms with Gasteiger partial charge >= 0.3 is 0 Å². The molecule has 10 nitrogen and oxygen atoms in total. The minimum atomic E-state index is -3.53. The molecule has 0 saturated heterocycles. The lowest BCUT2D eigenvalue weighted by atomic mass is 10.1. The summed E-state index contributed by atoms with van der Waals surface area (Å²) in [6.45, 7) is 2.39. The second-order valence-electron chi connectivity index (χ2n) is 7.75. The Kier molecular flexibility index (Phi) is 8.39. The van der Waals surface area contributed by atoms with E-state index in [1.54, 1.807) is 12.1 Å². The minimum absolute atomic E-state index is 0.00126. The third kappa shape index (κ3) is 6.98. The van der Waals surface area contributed by atoms with E-state index < -0.39 is 21.7 Å². The number of nitrogens with two attached hydrogens (primary N) is 1. The van der Waals surface area contributed by atoms with E-state index in [0.29, 0.717) is 11.6 Å². The molecule has 1 aromatic carbocycles. The number of benzene rings is 1. The molecule has 1 atom stereocenters. The van der Waals surface area contributed by atoms with Crippen LogP contribution in [0.5, 0.6) is 5.75 Å². The molecule has 2 amide bonds. The van der Waals surface area contributed by atoms with Crippen LogP contribution in [0.25, 0.3) is 0 Å². The van der Waals surface area contributed by atoms with Gasteiger partial charge in [-0.25, -0.2) is 18.4 Å². The van der Waals surface area contributed by atoms with Gasteiger partial charge in [0.25, 0.3) is 11.8 Å². The van der Waals surface area contributed by atoms with Crippen LogP contribution in [0.1, 0.15) is 27.8 Å². The molecule has 0 fully saturated rings. The number of ether oxygens (including phenoxy) is 1. The summed E-state index contributed by atoms with van der Waals surface area (Å²) in [5.74, 6) is -0.916. The number of hydrogen-bond donors (Lipinski definition) is 3. The molecule has 0 radical (unpaired) electrons. The molecule has 2 aromatic heterocycles.